The van der Waals surface area contributed by atoms with E-state index in [0.29, 0.717) is 13.1 Å². The van der Waals surface area contributed by atoms with Gasteiger partial charge < -0.3 is 4.90 Å². The maximum Gasteiger partial charge on any atom is 0.336 e. The Morgan fingerprint density at radius 3 is 2.74 bits per heavy atom. The second-order valence-electron chi connectivity index (χ2n) is 8.91. The van der Waals surface area contributed by atoms with Crippen LogP contribution in [0.25, 0.3) is 16.5 Å². The number of likely N-dealkylation sites (N-methyl/N-ethyl adjacent to an activating group) is 1. The van der Waals surface area contributed by atoms with E-state index >= 15 is 0 Å². The molecule has 0 fully saturated rings. The van der Waals surface area contributed by atoms with Gasteiger partial charge in [0.15, 0.2) is 0 Å². The van der Waals surface area contributed by atoms with Gasteiger partial charge >= 0.3 is 6.03 Å². The number of non-ortho nitro benzene ring substituents is 1. The van der Waals surface area contributed by atoms with Gasteiger partial charge in [0.25, 0.3) is 5.69 Å². The minimum absolute atomic E-state index is 0.0522. The van der Waals surface area contributed by atoms with Crippen molar-refractivity contribution in [2.75, 3.05) is 32.1 Å². The molecule has 0 radical (unpaired) electrons. The lowest BCUT2D eigenvalue weighted by molar-refractivity contribution is -0.385. The molecule has 2 aliphatic rings. The van der Waals surface area contributed by atoms with Crippen LogP contribution in [0.4, 0.5) is 10.5 Å². The number of carbonyl (C=O) groups excluding carboxylic acids is 1. The number of carbonyl (C=O) groups is 1. The average molecular weight is 492 g/mol. The van der Waals surface area contributed by atoms with Crippen molar-refractivity contribution in [3.8, 4) is 0 Å². The number of rotatable bonds is 6. The van der Waals surface area contributed by atoms with Gasteiger partial charge in [0, 0.05) is 48.1 Å². The summed E-state index contributed by atoms with van der Waals surface area (Å²) in [6.45, 7) is 6.13. The summed E-state index contributed by atoms with van der Waals surface area (Å²) in [4.78, 5) is 29.1. The average Bonchev–Trinajstić information content (AvgIpc) is 3.14. The van der Waals surface area contributed by atoms with Gasteiger partial charge in [-0.25, -0.2) is 14.9 Å². The van der Waals surface area contributed by atoms with E-state index in [1.54, 1.807) is 17.0 Å². The summed E-state index contributed by atoms with van der Waals surface area (Å²) >= 11 is 1.46. The van der Waals surface area contributed by atoms with Crippen molar-refractivity contribution in [3.63, 3.8) is 0 Å². The van der Waals surface area contributed by atoms with Gasteiger partial charge in [-0.3, -0.25) is 15.0 Å². The van der Waals surface area contributed by atoms with Crippen LogP contribution in [-0.4, -0.2) is 58.2 Å². The largest absolute Gasteiger partial charge is 0.336 e. The van der Waals surface area contributed by atoms with Gasteiger partial charge in [0.1, 0.15) is 5.03 Å². The summed E-state index contributed by atoms with van der Waals surface area (Å²) < 4.78 is 1.89. The van der Waals surface area contributed by atoms with E-state index in [-0.39, 0.29) is 22.7 Å². The molecule has 3 aromatic rings. The monoisotopic (exact) mass is 491 g/mol. The number of fused-ring (bicyclic) bond motifs is 2. The van der Waals surface area contributed by atoms with Crippen LogP contribution in [0.5, 0.6) is 0 Å². The Morgan fingerprint density at radius 2 is 2.00 bits per heavy atom. The molecule has 1 aliphatic carbocycles. The van der Waals surface area contributed by atoms with E-state index in [4.69, 9.17) is 0 Å². The molecule has 0 bridgehead atoms. The van der Waals surface area contributed by atoms with Crippen molar-refractivity contribution in [1.29, 1.82) is 0 Å². The molecule has 0 saturated carbocycles. The zero-order valence-electron chi connectivity index (χ0n) is 20.2. The molecule has 0 saturated heterocycles. The van der Waals surface area contributed by atoms with Crippen molar-refractivity contribution in [2.45, 2.75) is 42.7 Å². The molecule has 2 aromatic carbocycles. The second kappa shape index (κ2) is 9.39. The molecule has 9 heteroatoms. The zero-order chi connectivity index (χ0) is 24.7. The lowest BCUT2D eigenvalue weighted by Gasteiger charge is -2.37. The van der Waals surface area contributed by atoms with Gasteiger partial charge in [0.2, 0.25) is 0 Å². The van der Waals surface area contributed by atoms with Gasteiger partial charge in [0.05, 0.1) is 10.4 Å². The van der Waals surface area contributed by atoms with Crippen molar-refractivity contribution < 1.29 is 9.72 Å². The van der Waals surface area contributed by atoms with Crippen LogP contribution in [0.15, 0.2) is 58.5 Å². The first-order chi connectivity index (χ1) is 16.9. The van der Waals surface area contributed by atoms with Gasteiger partial charge in [-0.2, -0.15) is 0 Å². The Labute approximate surface area is 208 Å². The van der Waals surface area contributed by atoms with Crippen molar-refractivity contribution >= 4 is 40.0 Å². The van der Waals surface area contributed by atoms with Crippen LogP contribution in [0.2, 0.25) is 0 Å². The Bertz CT molecular complexity index is 1340. The summed E-state index contributed by atoms with van der Waals surface area (Å²) in [7, 11) is 2.16. The highest BCUT2D eigenvalue weighted by molar-refractivity contribution is 7.99. The topological polar surface area (TPSA) is 83.6 Å². The van der Waals surface area contributed by atoms with Crippen LogP contribution in [0, 0.1) is 10.1 Å². The molecule has 5 rings (SSSR count). The number of amides is 2. The van der Waals surface area contributed by atoms with Crippen molar-refractivity contribution in [3.05, 3.63) is 69.8 Å². The molecule has 1 aromatic heterocycles. The molecule has 1 aliphatic heterocycles. The summed E-state index contributed by atoms with van der Waals surface area (Å²) in [6, 6.07) is 13.0. The van der Waals surface area contributed by atoms with E-state index < -0.39 is 0 Å². The molecular formula is C26H29N5O3S. The van der Waals surface area contributed by atoms with E-state index in [2.05, 4.69) is 29.5 Å². The predicted octanol–water partition coefficient (Wildman–Crippen LogP) is 5.35. The highest BCUT2D eigenvalue weighted by atomic mass is 32.2. The first kappa shape index (κ1) is 23.4. The third-order valence-corrected chi connectivity index (χ3v) is 8.11. The number of nitro benzene ring substituents is 1. The third kappa shape index (κ3) is 4.08. The number of nitrogens with zero attached hydrogens (tertiary/aromatic N) is 4. The van der Waals surface area contributed by atoms with Crippen molar-refractivity contribution in [2.24, 2.45) is 0 Å². The van der Waals surface area contributed by atoms with Crippen LogP contribution >= 0.6 is 11.8 Å². The standard InChI is InChI=1S/C26H29N5O3S/c1-4-29(5-2)26(32)27-30-22-13-7-11-20-19-12-8-14-28(3)23(19)16-21(24(20)22)25(30)35-18-10-6-9-17(15-18)31(33)34/h6-7,9-13,15,23H,4-5,8,14,16H2,1-3H3,(H,27,32)/t23-/m1/s1. The van der Waals surface area contributed by atoms with Gasteiger partial charge in [-0.1, -0.05) is 36.0 Å². The lowest BCUT2D eigenvalue weighted by Crippen LogP contribution is -2.39. The van der Waals surface area contributed by atoms with Gasteiger partial charge in [-0.15, -0.1) is 0 Å². The van der Waals surface area contributed by atoms with Crippen LogP contribution < -0.4 is 5.43 Å². The maximum absolute atomic E-state index is 13.1. The molecule has 182 valence electrons. The normalized spacial score (nSPS) is 17.1. The number of nitro groups is 1. The number of aromatic nitrogens is 1. The second-order valence-corrected chi connectivity index (χ2v) is 9.98. The smallest absolute Gasteiger partial charge is 0.324 e. The van der Waals surface area contributed by atoms with Crippen LogP contribution in [0.1, 0.15) is 31.4 Å². The lowest BCUT2D eigenvalue weighted by atomic mass is 9.82. The minimum atomic E-state index is -0.377. The Balaban J connectivity index is 1.69. The van der Waals surface area contributed by atoms with Crippen LogP contribution in [0.3, 0.4) is 0 Å². The summed E-state index contributed by atoms with van der Waals surface area (Å²) in [6.07, 6.45) is 4.19. The highest BCUT2D eigenvalue weighted by Crippen LogP contribution is 2.46. The summed E-state index contributed by atoms with van der Waals surface area (Å²) in [5.41, 5.74) is 7.84. The summed E-state index contributed by atoms with van der Waals surface area (Å²) in [5.74, 6) is 0. The molecule has 1 atom stereocenters. The number of benzene rings is 2. The molecule has 0 unspecified atom stereocenters. The number of hydrogen-bond acceptors (Lipinski definition) is 5. The number of urea groups is 1. The first-order valence-corrected chi connectivity index (χ1v) is 12.8. The molecule has 2 heterocycles. The fourth-order valence-corrected chi connectivity index (χ4v) is 6.29. The highest BCUT2D eigenvalue weighted by Gasteiger charge is 2.34. The molecule has 8 nitrogen and oxygen atoms in total. The van der Waals surface area contributed by atoms with E-state index in [1.807, 2.05) is 36.7 Å². The SMILES string of the molecule is CCN(CC)C(=O)Nn1c(Sc2cccc([N+](=O)[O-])c2)c2c3c(cccc31)C1=CCCN(C)[C@@H]1C2. The number of nitrogens with one attached hydrogen (secondary N) is 1. The molecule has 1 N–H and O–H groups in total. The fourth-order valence-electron chi connectivity index (χ4n) is 5.19. The predicted molar refractivity (Wildman–Crippen MR) is 140 cm³/mol. The Hall–Kier alpha value is -3.30. The Kier molecular flexibility index (Phi) is 6.29. The molecule has 0 spiro atoms. The minimum Gasteiger partial charge on any atom is -0.324 e. The third-order valence-electron chi connectivity index (χ3n) is 6.99. The first-order valence-electron chi connectivity index (χ1n) is 12.0. The van der Waals surface area contributed by atoms with E-state index in [9.17, 15) is 14.9 Å². The molecule has 2 amide bonds. The Morgan fingerprint density at radius 1 is 1.23 bits per heavy atom. The fraction of sp³-hybridized carbons (Fsp3) is 0.346. The van der Waals surface area contributed by atoms with E-state index in [0.717, 1.165) is 40.2 Å². The molecular weight excluding hydrogens is 462 g/mol. The van der Waals surface area contributed by atoms with E-state index in [1.165, 1.54) is 34.5 Å². The van der Waals surface area contributed by atoms with Crippen molar-refractivity contribution in [1.82, 2.24) is 14.5 Å². The zero-order valence-corrected chi connectivity index (χ0v) is 21.0. The maximum atomic E-state index is 13.1. The molecule has 35 heavy (non-hydrogen) atoms. The quantitative estimate of drug-likeness (QED) is 0.371. The van der Waals surface area contributed by atoms with Crippen LogP contribution in [-0.2, 0) is 6.42 Å². The summed E-state index contributed by atoms with van der Waals surface area (Å²) in [5, 5.41) is 13.4. The van der Waals surface area contributed by atoms with Gasteiger partial charge in [-0.05, 0) is 62.6 Å². The number of hydrogen-bond donors (Lipinski definition) is 1.